The summed E-state index contributed by atoms with van der Waals surface area (Å²) in [5.41, 5.74) is 0. The van der Waals surface area contributed by atoms with Crippen LogP contribution >= 0.6 is 0 Å². The van der Waals surface area contributed by atoms with Crippen molar-refractivity contribution in [1.82, 2.24) is 0 Å². The molecule has 3 nitrogen and oxygen atoms in total. The lowest BCUT2D eigenvalue weighted by Gasteiger charge is -2.15. The van der Waals surface area contributed by atoms with Crippen LogP contribution in [0.3, 0.4) is 0 Å². The van der Waals surface area contributed by atoms with E-state index in [1.165, 1.54) is 25.7 Å². The minimum absolute atomic E-state index is 0.0842. The molecule has 0 rings (SSSR count). The van der Waals surface area contributed by atoms with Gasteiger partial charge in [-0.05, 0) is 19.3 Å². The third-order valence-electron chi connectivity index (χ3n) is 2.78. The number of ether oxygens (including phenoxy) is 1. The largest absolute Gasteiger partial charge is 0.506 e. The van der Waals surface area contributed by atoms with E-state index in [0.29, 0.717) is 0 Å². The molecule has 1 unspecified atom stereocenters. The predicted molar refractivity (Wildman–Crippen MR) is 65.8 cm³/mol. The second-order valence-electron chi connectivity index (χ2n) is 4.35. The maximum absolute atomic E-state index is 10.5. The van der Waals surface area contributed by atoms with Crippen LogP contribution in [0.4, 0.5) is 4.79 Å². The summed E-state index contributed by atoms with van der Waals surface area (Å²) in [5.74, 6) is 0. The second kappa shape index (κ2) is 10.8. The van der Waals surface area contributed by atoms with Crippen molar-refractivity contribution in [1.29, 1.82) is 0 Å². The fourth-order valence-corrected chi connectivity index (χ4v) is 1.81. The quantitative estimate of drug-likeness (QED) is 0.440. The molecular formula is C13H26O3. The van der Waals surface area contributed by atoms with Crippen LogP contribution in [-0.2, 0) is 4.74 Å². The van der Waals surface area contributed by atoms with Crippen molar-refractivity contribution in [3.8, 4) is 0 Å². The topological polar surface area (TPSA) is 46.5 Å². The maximum Gasteiger partial charge on any atom is 0.506 e. The normalized spacial score (nSPS) is 12.4. The molecule has 0 amide bonds. The summed E-state index contributed by atoms with van der Waals surface area (Å²) in [4.78, 5) is 10.5. The Morgan fingerprint density at radius 2 is 1.56 bits per heavy atom. The highest BCUT2D eigenvalue weighted by atomic mass is 16.7. The van der Waals surface area contributed by atoms with E-state index in [0.717, 1.165) is 32.1 Å². The molecule has 0 heterocycles. The Bertz CT molecular complexity index is 169. The van der Waals surface area contributed by atoms with Crippen molar-refractivity contribution in [3.05, 3.63) is 0 Å². The van der Waals surface area contributed by atoms with Gasteiger partial charge in [0.05, 0.1) is 0 Å². The van der Waals surface area contributed by atoms with Crippen LogP contribution < -0.4 is 0 Å². The molecule has 3 heteroatoms. The molecule has 0 aliphatic heterocycles. The summed E-state index contributed by atoms with van der Waals surface area (Å²) < 4.78 is 4.88. The van der Waals surface area contributed by atoms with Crippen molar-refractivity contribution in [2.24, 2.45) is 0 Å². The standard InChI is InChI=1S/C13H26O3/c1-3-5-7-8-9-11-12(10-6-4-2)16-13(14)15/h12H,3-11H2,1-2H3,(H,14,15). The fraction of sp³-hybridized carbons (Fsp3) is 0.923. The van der Waals surface area contributed by atoms with Crippen molar-refractivity contribution in [3.63, 3.8) is 0 Å². The smallest absolute Gasteiger partial charge is 0.450 e. The van der Waals surface area contributed by atoms with Crippen LogP contribution in [0.5, 0.6) is 0 Å². The molecule has 1 N–H and O–H groups in total. The van der Waals surface area contributed by atoms with Gasteiger partial charge in [-0.15, -0.1) is 0 Å². The molecule has 0 aliphatic carbocycles. The van der Waals surface area contributed by atoms with E-state index in [1.807, 2.05) is 0 Å². The SMILES string of the molecule is CCCCCCCC(CCCC)OC(=O)O. The summed E-state index contributed by atoms with van der Waals surface area (Å²) in [7, 11) is 0. The Morgan fingerprint density at radius 3 is 2.12 bits per heavy atom. The summed E-state index contributed by atoms with van der Waals surface area (Å²) in [6.07, 6.45) is 8.73. The average molecular weight is 230 g/mol. The van der Waals surface area contributed by atoms with Gasteiger partial charge in [0.1, 0.15) is 6.10 Å². The zero-order valence-electron chi connectivity index (χ0n) is 10.7. The number of rotatable bonds is 10. The Hall–Kier alpha value is -0.730. The molecule has 0 saturated carbocycles. The zero-order valence-corrected chi connectivity index (χ0v) is 10.7. The van der Waals surface area contributed by atoms with Gasteiger partial charge in [0.15, 0.2) is 0 Å². The van der Waals surface area contributed by atoms with Gasteiger partial charge < -0.3 is 9.84 Å². The Balaban J connectivity index is 3.60. The first-order valence-corrected chi connectivity index (χ1v) is 6.60. The third kappa shape index (κ3) is 9.81. The van der Waals surface area contributed by atoms with E-state index in [-0.39, 0.29) is 6.10 Å². The van der Waals surface area contributed by atoms with Crippen LogP contribution in [0.15, 0.2) is 0 Å². The van der Waals surface area contributed by atoms with Gasteiger partial charge >= 0.3 is 6.16 Å². The molecule has 0 bridgehead atoms. The third-order valence-corrected chi connectivity index (χ3v) is 2.78. The second-order valence-corrected chi connectivity index (χ2v) is 4.35. The average Bonchev–Trinajstić information content (AvgIpc) is 2.24. The van der Waals surface area contributed by atoms with Crippen LogP contribution in [0, 0.1) is 0 Å². The predicted octanol–water partition coefficient (Wildman–Crippen LogP) is 4.60. The van der Waals surface area contributed by atoms with Gasteiger partial charge in [-0.1, -0.05) is 52.4 Å². The summed E-state index contributed by atoms with van der Waals surface area (Å²) in [6, 6.07) is 0. The Morgan fingerprint density at radius 1 is 1.00 bits per heavy atom. The number of carboxylic acid groups (broad SMARTS) is 1. The van der Waals surface area contributed by atoms with Gasteiger partial charge in [0.25, 0.3) is 0 Å². The molecule has 1 atom stereocenters. The Labute approximate surface area is 99.2 Å². The minimum atomic E-state index is -1.13. The van der Waals surface area contributed by atoms with Crippen LogP contribution in [0.1, 0.15) is 71.6 Å². The van der Waals surface area contributed by atoms with Gasteiger partial charge in [-0.25, -0.2) is 4.79 Å². The van der Waals surface area contributed by atoms with E-state index >= 15 is 0 Å². The lowest BCUT2D eigenvalue weighted by Crippen LogP contribution is -2.16. The molecule has 0 radical (unpaired) electrons. The van der Waals surface area contributed by atoms with E-state index in [9.17, 15) is 4.79 Å². The number of hydrogen-bond donors (Lipinski definition) is 1. The van der Waals surface area contributed by atoms with E-state index in [2.05, 4.69) is 13.8 Å². The van der Waals surface area contributed by atoms with Crippen molar-refractivity contribution < 1.29 is 14.6 Å². The van der Waals surface area contributed by atoms with Gasteiger partial charge in [-0.3, -0.25) is 0 Å². The van der Waals surface area contributed by atoms with Gasteiger partial charge in [0.2, 0.25) is 0 Å². The molecule has 0 aromatic rings. The Kier molecular flexibility index (Phi) is 10.3. The van der Waals surface area contributed by atoms with E-state index < -0.39 is 6.16 Å². The number of carbonyl (C=O) groups is 1. The molecule has 0 aliphatic rings. The van der Waals surface area contributed by atoms with Crippen molar-refractivity contribution in [2.75, 3.05) is 0 Å². The lowest BCUT2D eigenvalue weighted by atomic mass is 10.0. The molecule has 0 fully saturated rings. The fourth-order valence-electron chi connectivity index (χ4n) is 1.81. The first-order chi connectivity index (χ1) is 7.70. The van der Waals surface area contributed by atoms with Crippen molar-refractivity contribution in [2.45, 2.75) is 77.7 Å². The summed E-state index contributed by atoms with van der Waals surface area (Å²) in [5, 5.41) is 8.60. The molecular weight excluding hydrogens is 204 g/mol. The summed E-state index contributed by atoms with van der Waals surface area (Å²) in [6.45, 7) is 4.30. The maximum atomic E-state index is 10.5. The zero-order chi connectivity index (χ0) is 12.2. The number of hydrogen-bond acceptors (Lipinski definition) is 2. The van der Waals surface area contributed by atoms with Crippen LogP contribution in [0.25, 0.3) is 0 Å². The molecule has 0 aromatic carbocycles. The molecule has 96 valence electrons. The lowest BCUT2D eigenvalue weighted by molar-refractivity contribution is 0.0425. The first kappa shape index (κ1) is 15.3. The molecule has 0 spiro atoms. The van der Waals surface area contributed by atoms with Gasteiger partial charge in [0, 0.05) is 0 Å². The summed E-state index contributed by atoms with van der Waals surface area (Å²) >= 11 is 0. The van der Waals surface area contributed by atoms with Crippen molar-refractivity contribution >= 4 is 6.16 Å². The van der Waals surface area contributed by atoms with E-state index in [1.54, 1.807) is 0 Å². The highest BCUT2D eigenvalue weighted by molar-refractivity contribution is 5.57. The molecule has 0 aromatic heterocycles. The molecule has 0 saturated heterocycles. The van der Waals surface area contributed by atoms with Crippen LogP contribution in [-0.4, -0.2) is 17.4 Å². The van der Waals surface area contributed by atoms with E-state index in [4.69, 9.17) is 9.84 Å². The van der Waals surface area contributed by atoms with Gasteiger partial charge in [-0.2, -0.15) is 0 Å². The monoisotopic (exact) mass is 230 g/mol. The highest BCUT2D eigenvalue weighted by Gasteiger charge is 2.12. The number of unbranched alkanes of at least 4 members (excludes halogenated alkanes) is 5. The highest BCUT2D eigenvalue weighted by Crippen LogP contribution is 2.14. The minimum Gasteiger partial charge on any atom is -0.450 e. The van der Waals surface area contributed by atoms with Crippen LogP contribution in [0.2, 0.25) is 0 Å². The molecule has 16 heavy (non-hydrogen) atoms. The first-order valence-electron chi connectivity index (χ1n) is 6.60.